The summed E-state index contributed by atoms with van der Waals surface area (Å²) < 4.78 is 5.47. The SMILES string of the molecule is Cc1cncc(Oc2ccc(C=O)cc2)n1. The number of ether oxygens (including phenoxy) is 1. The molecule has 2 rings (SSSR count). The molecule has 0 bridgehead atoms. The number of aldehydes is 1. The Kier molecular flexibility index (Phi) is 2.91. The van der Waals surface area contributed by atoms with E-state index in [0.717, 1.165) is 12.0 Å². The second kappa shape index (κ2) is 4.53. The first kappa shape index (κ1) is 10.3. The molecular weight excluding hydrogens is 204 g/mol. The zero-order chi connectivity index (χ0) is 11.4. The lowest BCUT2D eigenvalue weighted by atomic mass is 10.2. The van der Waals surface area contributed by atoms with Gasteiger partial charge in [-0.05, 0) is 31.2 Å². The maximum absolute atomic E-state index is 10.5. The van der Waals surface area contributed by atoms with Gasteiger partial charge in [0.2, 0.25) is 5.88 Å². The summed E-state index contributed by atoms with van der Waals surface area (Å²) in [6.45, 7) is 1.84. The summed E-state index contributed by atoms with van der Waals surface area (Å²) in [5, 5.41) is 0. The highest BCUT2D eigenvalue weighted by Gasteiger charge is 1.99. The Bertz CT molecular complexity index is 495. The summed E-state index contributed by atoms with van der Waals surface area (Å²) in [5.41, 5.74) is 1.41. The van der Waals surface area contributed by atoms with Crippen LogP contribution >= 0.6 is 0 Å². The minimum atomic E-state index is 0.443. The molecule has 80 valence electrons. The van der Waals surface area contributed by atoms with Crippen LogP contribution in [0, 0.1) is 6.92 Å². The van der Waals surface area contributed by atoms with Crippen molar-refractivity contribution in [2.24, 2.45) is 0 Å². The number of rotatable bonds is 3. The van der Waals surface area contributed by atoms with Crippen LogP contribution in [0.5, 0.6) is 11.6 Å². The van der Waals surface area contributed by atoms with Gasteiger partial charge in [0.25, 0.3) is 0 Å². The van der Waals surface area contributed by atoms with Crippen LogP contribution in [0.15, 0.2) is 36.7 Å². The van der Waals surface area contributed by atoms with E-state index in [2.05, 4.69) is 9.97 Å². The van der Waals surface area contributed by atoms with Crippen molar-refractivity contribution in [2.45, 2.75) is 6.92 Å². The number of nitrogens with zero attached hydrogens (tertiary/aromatic N) is 2. The molecule has 0 N–H and O–H groups in total. The monoisotopic (exact) mass is 214 g/mol. The Morgan fingerprint density at radius 3 is 2.56 bits per heavy atom. The smallest absolute Gasteiger partial charge is 0.238 e. The van der Waals surface area contributed by atoms with Gasteiger partial charge in [-0.1, -0.05) is 0 Å². The number of hydrogen-bond acceptors (Lipinski definition) is 4. The second-order valence-corrected chi connectivity index (χ2v) is 3.29. The van der Waals surface area contributed by atoms with Gasteiger partial charge in [0.05, 0.1) is 11.9 Å². The van der Waals surface area contributed by atoms with Crippen molar-refractivity contribution in [3.63, 3.8) is 0 Å². The first-order valence-electron chi connectivity index (χ1n) is 4.79. The van der Waals surface area contributed by atoms with Crippen LogP contribution in [0.2, 0.25) is 0 Å². The van der Waals surface area contributed by atoms with Gasteiger partial charge >= 0.3 is 0 Å². The van der Waals surface area contributed by atoms with Crippen LogP contribution in [-0.2, 0) is 0 Å². The average Bonchev–Trinajstić information content (AvgIpc) is 2.30. The van der Waals surface area contributed by atoms with E-state index in [1.807, 2.05) is 6.92 Å². The standard InChI is InChI=1S/C12H10N2O2/c1-9-6-13-7-12(14-9)16-11-4-2-10(8-15)3-5-11/h2-8H,1H3. The van der Waals surface area contributed by atoms with Gasteiger partial charge in [-0.3, -0.25) is 9.78 Å². The topological polar surface area (TPSA) is 52.1 Å². The fourth-order valence-electron chi connectivity index (χ4n) is 1.22. The van der Waals surface area contributed by atoms with Crippen molar-refractivity contribution in [1.29, 1.82) is 0 Å². The quantitative estimate of drug-likeness (QED) is 0.736. The first-order valence-corrected chi connectivity index (χ1v) is 4.79. The average molecular weight is 214 g/mol. The molecule has 0 aliphatic heterocycles. The Morgan fingerprint density at radius 1 is 1.19 bits per heavy atom. The van der Waals surface area contributed by atoms with Gasteiger partial charge in [0.1, 0.15) is 12.0 Å². The summed E-state index contributed by atoms with van der Waals surface area (Å²) in [6, 6.07) is 6.80. The van der Waals surface area contributed by atoms with Crippen molar-refractivity contribution in [3.05, 3.63) is 47.9 Å². The van der Waals surface area contributed by atoms with Crippen molar-refractivity contribution in [2.75, 3.05) is 0 Å². The Morgan fingerprint density at radius 2 is 1.94 bits per heavy atom. The van der Waals surface area contributed by atoms with E-state index < -0.39 is 0 Å². The number of aromatic nitrogens is 2. The largest absolute Gasteiger partial charge is 0.437 e. The van der Waals surface area contributed by atoms with E-state index >= 15 is 0 Å². The van der Waals surface area contributed by atoms with Gasteiger partial charge in [-0.2, -0.15) is 0 Å². The minimum absolute atomic E-state index is 0.443. The third-order valence-corrected chi connectivity index (χ3v) is 1.97. The van der Waals surface area contributed by atoms with Gasteiger partial charge in [0.15, 0.2) is 0 Å². The summed E-state index contributed by atoms with van der Waals surface area (Å²) >= 11 is 0. The molecule has 0 aliphatic carbocycles. The van der Waals surface area contributed by atoms with E-state index in [1.54, 1.807) is 36.7 Å². The van der Waals surface area contributed by atoms with Crippen LogP contribution in [0.4, 0.5) is 0 Å². The van der Waals surface area contributed by atoms with Crippen molar-refractivity contribution >= 4 is 6.29 Å². The molecule has 1 aromatic heterocycles. The molecule has 0 unspecified atom stereocenters. The van der Waals surface area contributed by atoms with Crippen LogP contribution in [0.1, 0.15) is 16.1 Å². The molecule has 0 fully saturated rings. The Balaban J connectivity index is 2.17. The van der Waals surface area contributed by atoms with Gasteiger partial charge in [-0.15, -0.1) is 0 Å². The number of hydrogen-bond donors (Lipinski definition) is 0. The number of carbonyl (C=O) groups is 1. The van der Waals surface area contributed by atoms with E-state index in [4.69, 9.17) is 4.74 Å². The van der Waals surface area contributed by atoms with E-state index in [9.17, 15) is 4.79 Å². The number of benzene rings is 1. The van der Waals surface area contributed by atoms with Crippen LogP contribution < -0.4 is 4.74 Å². The molecule has 2 aromatic rings. The predicted octanol–water partition coefficient (Wildman–Crippen LogP) is 2.39. The molecule has 4 nitrogen and oxygen atoms in total. The van der Waals surface area contributed by atoms with Crippen LogP contribution in [0.25, 0.3) is 0 Å². The second-order valence-electron chi connectivity index (χ2n) is 3.29. The maximum atomic E-state index is 10.5. The predicted molar refractivity (Wildman–Crippen MR) is 58.7 cm³/mol. The molecule has 0 radical (unpaired) electrons. The fourth-order valence-corrected chi connectivity index (χ4v) is 1.22. The molecule has 1 heterocycles. The zero-order valence-corrected chi connectivity index (χ0v) is 8.75. The summed E-state index contributed by atoms with van der Waals surface area (Å²) in [6.07, 6.45) is 3.99. The molecule has 16 heavy (non-hydrogen) atoms. The lowest BCUT2D eigenvalue weighted by Crippen LogP contribution is -1.91. The van der Waals surface area contributed by atoms with Crippen molar-refractivity contribution in [3.8, 4) is 11.6 Å². The van der Waals surface area contributed by atoms with Crippen molar-refractivity contribution < 1.29 is 9.53 Å². The summed E-state index contributed by atoms with van der Waals surface area (Å²) in [4.78, 5) is 18.6. The Hall–Kier alpha value is -2.23. The lowest BCUT2D eigenvalue weighted by molar-refractivity contribution is 0.112. The lowest BCUT2D eigenvalue weighted by Gasteiger charge is -2.04. The van der Waals surface area contributed by atoms with E-state index in [0.29, 0.717) is 17.2 Å². The minimum Gasteiger partial charge on any atom is -0.437 e. The Labute approximate surface area is 92.9 Å². The molecule has 0 amide bonds. The number of carbonyl (C=O) groups excluding carboxylic acids is 1. The molecule has 1 aromatic carbocycles. The summed E-state index contributed by atoms with van der Waals surface area (Å²) in [7, 11) is 0. The highest BCUT2D eigenvalue weighted by Crippen LogP contribution is 2.18. The number of aryl methyl sites for hydroxylation is 1. The molecule has 0 aliphatic rings. The molecule has 0 atom stereocenters. The van der Waals surface area contributed by atoms with Crippen LogP contribution in [-0.4, -0.2) is 16.3 Å². The fraction of sp³-hybridized carbons (Fsp3) is 0.0833. The van der Waals surface area contributed by atoms with Gasteiger partial charge in [-0.25, -0.2) is 4.98 Å². The molecule has 0 spiro atoms. The normalized spacial score (nSPS) is 9.81. The molecule has 0 saturated carbocycles. The summed E-state index contributed by atoms with van der Waals surface area (Å²) in [5.74, 6) is 1.07. The third kappa shape index (κ3) is 2.42. The van der Waals surface area contributed by atoms with E-state index in [1.165, 1.54) is 0 Å². The van der Waals surface area contributed by atoms with Gasteiger partial charge in [0, 0.05) is 11.8 Å². The molecule has 0 saturated heterocycles. The maximum Gasteiger partial charge on any atom is 0.238 e. The highest BCUT2D eigenvalue weighted by molar-refractivity contribution is 5.74. The zero-order valence-electron chi connectivity index (χ0n) is 8.75. The molecule has 4 heteroatoms. The van der Waals surface area contributed by atoms with Crippen molar-refractivity contribution in [1.82, 2.24) is 9.97 Å². The third-order valence-electron chi connectivity index (χ3n) is 1.97. The first-order chi connectivity index (χ1) is 7.78. The van der Waals surface area contributed by atoms with E-state index in [-0.39, 0.29) is 0 Å². The highest BCUT2D eigenvalue weighted by atomic mass is 16.5. The van der Waals surface area contributed by atoms with Crippen LogP contribution in [0.3, 0.4) is 0 Å². The van der Waals surface area contributed by atoms with Gasteiger partial charge < -0.3 is 4.74 Å². The molecular formula is C12H10N2O2.